The molecule has 2 aromatic heterocycles. The van der Waals surface area contributed by atoms with E-state index in [9.17, 15) is 9.18 Å². The summed E-state index contributed by atoms with van der Waals surface area (Å²) >= 11 is 6.47. The SMILES string of the molecule is COCC(C)n1c(=O)c(C)nc2c(-c3cc(F)c(N(C)C)cc3Cl)ccnc21. The molecule has 1 aromatic carbocycles. The molecule has 0 N–H and O–H groups in total. The van der Waals surface area contributed by atoms with E-state index in [1.165, 1.54) is 6.07 Å². The van der Waals surface area contributed by atoms with Crippen LogP contribution in [0.15, 0.2) is 29.2 Å². The highest BCUT2D eigenvalue weighted by molar-refractivity contribution is 6.34. The Morgan fingerprint density at radius 1 is 1.32 bits per heavy atom. The molecule has 3 aromatic rings. The Hall–Kier alpha value is -2.51. The Labute approximate surface area is 167 Å². The van der Waals surface area contributed by atoms with E-state index in [2.05, 4.69) is 9.97 Å². The Morgan fingerprint density at radius 2 is 2.04 bits per heavy atom. The van der Waals surface area contributed by atoms with Crippen molar-refractivity contribution in [2.75, 3.05) is 32.7 Å². The van der Waals surface area contributed by atoms with Crippen LogP contribution in [0.3, 0.4) is 0 Å². The van der Waals surface area contributed by atoms with Crippen LogP contribution in [0.5, 0.6) is 0 Å². The van der Waals surface area contributed by atoms with Crippen LogP contribution in [0.2, 0.25) is 5.02 Å². The standard InChI is InChI=1S/C20H22ClFN4O2/c1-11(10-28-5)26-19-18(24-12(2)20(26)27)13(6-7-23-19)14-8-16(22)17(25(3)4)9-15(14)21/h6-9,11H,10H2,1-5H3. The molecule has 2 heterocycles. The highest BCUT2D eigenvalue weighted by Crippen LogP contribution is 2.36. The molecule has 0 bridgehead atoms. The summed E-state index contributed by atoms with van der Waals surface area (Å²) in [6, 6.07) is 4.44. The molecule has 0 radical (unpaired) electrons. The molecule has 0 saturated carbocycles. The third-order valence-electron chi connectivity index (χ3n) is 4.60. The summed E-state index contributed by atoms with van der Waals surface area (Å²) in [6.07, 6.45) is 1.57. The number of aryl methyl sites for hydroxylation is 1. The van der Waals surface area contributed by atoms with Gasteiger partial charge in [-0.15, -0.1) is 0 Å². The fourth-order valence-corrected chi connectivity index (χ4v) is 3.50. The minimum atomic E-state index is -0.396. The van der Waals surface area contributed by atoms with E-state index < -0.39 is 5.82 Å². The Balaban J connectivity index is 2.33. The fraction of sp³-hybridized carbons (Fsp3) is 0.350. The van der Waals surface area contributed by atoms with Crippen molar-refractivity contribution < 1.29 is 9.13 Å². The number of methoxy groups -OCH3 is 1. The number of hydrogen-bond donors (Lipinski definition) is 0. The smallest absolute Gasteiger partial charge is 0.273 e. The van der Waals surface area contributed by atoms with E-state index in [-0.39, 0.29) is 11.6 Å². The summed E-state index contributed by atoms with van der Waals surface area (Å²) in [4.78, 5) is 23.2. The van der Waals surface area contributed by atoms with Crippen molar-refractivity contribution in [1.29, 1.82) is 0 Å². The van der Waals surface area contributed by atoms with E-state index >= 15 is 0 Å². The van der Waals surface area contributed by atoms with Crippen molar-refractivity contribution in [3.05, 3.63) is 51.3 Å². The maximum Gasteiger partial charge on any atom is 0.273 e. The number of ether oxygens (including phenoxy) is 1. The lowest BCUT2D eigenvalue weighted by atomic mass is 10.0. The van der Waals surface area contributed by atoms with Crippen molar-refractivity contribution in [3.63, 3.8) is 0 Å². The largest absolute Gasteiger partial charge is 0.383 e. The normalized spacial score (nSPS) is 12.4. The average Bonchev–Trinajstić information content (AvgIpc) is 2.64. The number of fused-ring (bicyclic) bond motifs is 1. The van der Waals surface area contributed by atoms with Gasteiger partial charge in [0.15, 0.2) is 5.65 Å². The molecule has 8 heteroatoms. The number of aromatic nitrogens is 3. The van der Waals surface area contributed by atoms with Crippen LogP contribution < -0.4 is 10.5 Å². The molecule has 0 spiro atoms. The Kier molecular flexibility index (Phi) is 5.67. The van der Waals surface area contributed by atoms with Gasteiger partial charge in [0.1, 0.15) is 17.0 Å². The van der Waals surface area contributed by atoms with Gasteiger partial charge in [-0.05, 0) is 32.0 Å². The molecule has 0 saturated heterocycles. The first-order chi connectivity index (χ1) is 13.3. The first-order valence-corrected chi connectivity index (χ1v) is 9.17. The molecule has 3 rings (SSSR count). The molecule has 0 amide bonds. The predicted molar refractivity (Wildman–Crippen MR) is 110 cm³/mol. The third kappa shape index (κ3) is 3.47. The zero-order valence-electron chi connectivity index (χ0n) is 16.5. The number of benzene rings is 1. The first kappa shape index (κ1) is 20.2. The van der Waals surface area contributed by atoms with Gasteiger partial charge < -0.3 is 9.64 Å². The number of hydrogen-bond acceptors (Lipinski definition) is 5. The molecule has 6 nitrogen and oxygen atoms in total. The van der Waals surface area contributed by atoms with Crippen LogP contribution in [-0.2, 0) is 4.74 Å². The number of halogens is 2. The summed E-state index contributed by atoms with van der Waals surface area (Å²) in [5.41, 5.74) is 2.48. The molecule has 0 aliphatic heterocycles. The minimum absolute atomic E-state index is 0.234. The maximum absolute atomic E-state index is 14.6. The van der Waals surface area contributed by atoms with E-state index in [0.29, 0.717) is 45.3 Å². The van der Waals surface area contributed by atoms with E-state index in [0.717, 1.165) is 0 Å². The molecular formula is C20H22ClFN4O2. The van der Waals surface area contributed by atoms with E-state index in [1.54, 1.807) is 55.9 Å². The van der Waals surface area contributed by atoms with Crippen LogP contribution in [0.1, 0.15) is 18.7 Å². The van der Waals surface area contributed by atoms with Gasteiger partial charge >= 0.3 is 0 Å². The molecule has 1 unspecified atom stereocenters. The minimum Gasteiger partial charge on any atom is -0.383 e. The quantitative estimate of drug-likeness (QED) is 0.646. The summed E-state index contributed by atoms with van der Waals surface area (Å²) in [7, 11) is 5.07. The second-order valence-corrected chi connectivity index (χ2v) is 7.29. The first-order valence-electron chi connectivity index (χ1n) is 8.79. The second-order valence-electron chi connectivity index (χ2n) is 6.89. The third-order valence-corrected chi connectivity index (χ3v) is 4.91. The molecule has 0 aliphatic rings. The van der Waals surface area contributed by atoms with Crippen LogP contribution in [0.4, 0.5) is 10.1 Å². The highest BCUT2D eigenvalue weighted by atomic mass is 35.5. The zero-order valence-corrected chi connectivity index (χ0v) is 17.2. The van der Waals surface area contributed by atoms with Crippen molar-refractivity contribution in [1.82, 2.24) is 14.5 Å². The Bertz CT molecular complexity index is 1100. The molecule has 0 aliphatic carbocycles. The van der Waals surface area contributed by atoms with Gasteiger partial charge in [-0.1, -0.05) is 11.6 Å². The van der Waals surface area contributed by atoms with Gasteiger partial charge in [0, 0.05) is 38.5 Å². The molecule has 0 fully saturated rings. The predicted octanol–water partition coefficient (Wildman–Crippen LogP) is 3.83. The van der Waals surface area contributed by atoms with Crippen LogP contribution in [0, 0.1) is 12.7 Å². The number of anilines is 1. The summed E-state index contributed by atoms with van der Waals surface area (Å²) in [5, 5.41) is 0.389. The second kappa shape index (κ2) is 7.85. The molecule has 28 heavy (non-hydrogen) atoms. The zero-order chi connectivity index (χ0) is 20.6. The summed E-state index contributed by atoms with van der Waals surface area (Å²) < 4.78 is 21.4. The lowest BCUT2D eigenvalue weighted by Crippen LogP contribution is -2.29. The average molecular weight is 405 g/mol. The van der Waals surface area contributed by atoms with Gasteiger partial charge in [-0.3, -0.25) is 9.36 Å². The highest BCUT2D eigenvalue weighted by Gasteiger charge is 2.20. The van der Waals surface area contributed by atoms with Gasteiger partial charge in [-0.25, -0.2) is 14.4 Å². The molecular weight excluding hydrogens is 383 g/mol. The van der Waals surface area contributed by atoms with Gasteiger partial charge in [0.05, 0.1) is 23.4 Å². The summed E-state index contributed by atoms with van der Waals surface area (Å²) in [5.74, 6) is -0.396. The molecule has 148 valence electrons. The summed E-state index contributed by atoms with van der Waals surface area (Å²) in [6.45, 7) is 3.86. The van der Waals surface area contributed by atoms with Crippen LogP contribution >= 0.6 is 11.6 Å². The number of pyridine rings is 1. The molecule has 1 atom stereocenters. The van der Waals surface area contributed by atoms with Crippen molar-refractivity contribution in [2.24, 2.45) is 0 Å². The Morgan fingerprint density at radius 3 is 2.68 bits per heavy atom. The number of rotatable bonds is 5. The maximum atomic E-state index is 14.6. The lowest BCUT2D eigenvalue weighted by Gasteiger charge is -2.19. The van der Waals surface area contributed by atoms with Crippen LogP contribution in [0.25, 0.3) is 22.3 Å². The van der Waals surface area contributed by atoms with Crippen molar-refractivity contribution in [2.45, 2.75) is 19.9 Å². The van der Waals surface area contributed by atoms with Crippen molar-refractivity contribution in [3.8, 4) is 11.1 Å². The van der Waals surface area contributed by atoms with Gasteiger partial charge in [0.2, 0.25) is 0 Å². The van der Waals surface area contributed by atoms with E-state index in [4.69, 9.17) is 16.3 Å². The fourth-order valence-electron chi connectivity index (χ4n) is 3.24. The van der Waals surface area contributed by atoms with Gasteiger partial charge in [-0.2, -0.15) is 0 Å². The topological polar surface area (TPSA) is 60.3 Å². The lowest BCUT2D eigenvalue weighted by molar-refractivity contribution is 0.162. The van der Waals surface area contributed by atoms with E-state index in [1.807, 2.05) is 6.92 Å². The number of nitrogens with zero attached hydrogens (tertiary/aromatic N) is 4. The van der Waals surface area contributed by atoms with Crippen LogP contribution in [-0.4, -0.2) is 42.3 Å². The monoisotopic (exact) mass is 404 g/mol. The van der Waals surface area contributed by atoms with Gasteiger partial charge in [0.25, 0.3) is 5.56 Å². The van der Waals surface area contributed by atoms with Crippen molar-refractivity contribution >= 4 is 28.5 Å².